The predicted molar refractivity (Wildman–Crippen MR) is 82.1 cm³/mol. The van der Waals surface area contributed by atoms with E-state index in [0.29, 0.717) is 6.42 Å². The molecule has 1 aromatic carbocycles. The molecule has 0 aliphatic heterocycles. The van der Waals surface area contributed by atoms with Crippen LogP contribution in [-0.4, -0.2) is 28.1 Å². The van der Waals surface area contributed by atoms with E-state index in [9.17, 15) is 13.6 Å². The van der Waals surface area contributed by atoms with Gasteiger partial charge < -0.3 is 14.9 Å². The summed E-state index contributed by atoms with van der Waals surface area (Å²) < 4.78 is 32.2. The number of aliphatic hydroxyl groups excluding tert-OH is 1. The molecule has 2 N–H and O–H groups in total. The molecule has 0 unspecified atom stereocenters. The smallest absolute Gasteiger partial charge is 0.338 e. The van der Waals surface area contributed by atoms with E-state index in [1.807, 2.05) is 0 Å². The molecule has 0 spiro atoms. The van der Waals surface area contributed by atoms with Crippen molar-refractivity contribution < 1.29 is 28.5 Å². The maximum Gasteiger partial charge on any atom is 0.338 e. The average Bonchev–Trinajstić information content (AvgIpc) is 3.01. The fourth-order valence-corrected chi connectivity index (χ4v) is 4.34. The molecular weight excluding hydrogens is 318 g/mol. The number of fused-ring (bicyclic) bond motifs is 2. The van der Waals surface area contributed by atoms with Crippen LogP contribution in [0.2, 0.25) is 0 Å². The van der Waals surface area contributed by atoms with Crippen molar-refractivity contribution in [2.24, 2.45) is 5.41 Å². The molecule has 3 rings (SSSR count). The fourth-order valence-electron chi connectivity index (χ4n) is 4.34. The van der Waals surface area contributed by atoms with Crippen molar-refractivity contribution in [3.05, 3.63) is 35.4 Å². The third-order valence-corrected chi connectivity index (χ3v) is 5.50. The molecule has 0 saturated heterocycles. The largest absolute Gasteiger partial charge is 0.455 e. The van der Waals surface area contributed by atoms with Gasteiger partial charge in [0.15, 0.2) is 6.29 Å². The zero-order valence-corrected chi connectivity index (χ0v) is 13.4. The summed E-state index contributed by atoms with van der Waals surface area (Å²) in [6, 6.07) is 2.70. The third-order valence-electron chi connectivity index (χ3n) is 5.50. The number of carbonyl (C=O) groups is 1. The number of rotatable bonds is 6. The molecule has 1 aromatic rings. The summed E-state index contributed by atoms with van der Waals surface area (Å²) in [5, 5.41) is 17.9. The van der Waals surface area contributed by atoms with Gasteiger partial charge in [-0.1, -0.05) is 0 Å². The molecule has 2 aliphatic carbocycles. The summed E-state index contributed by atoms with van der Waals surface area (Å²) in [5.74, 6) is -2.28. The predicted octanol–water partition coefficient (Wildman–Crippen LogP) is 3.31. The molecule has 0 atom stereocenters. The second-order valence-electron chi connectivity index (χ2n) is 7.28. The molecule has 2 fully saturated rings. The summed E-state index contributed by atoms with van der Waals surface area (Å²) in [7, 11) is 0. The van der Waals surface area contributed by atoms with Gasteiger partial charge in [-0.05, 0) is 68.9 Å². The van der Waals surface area contributed by atoms with Crippen LogP contribution < -0.4 is 0 Å². The van der Waals surface area contributed by atoms with E-state index < -0.39 is 29.5 Å². The van der Waals surface area contributed by atoms with Gasteiger partial charge in [-0.3, -0.25) is 0 Å². The summed E-state index contributed by atoms with van der Waals surface area (Å²) in [5.41, 5.74) is -0.560. The lowest BCUT2D eigenvalue weighted by Crippen LogP contribution is -2.30. The van der Waals surface area contributed by atoms with Gasteiger partial charge in [-0.2, -0.15) is 0 Å². The van der Waals surface area contributed by atoms with Gasteiger partial charge in [-0.25, -0.2) is 13.6 Å². The highest BCUT2D eigenvalue weighted by Crippen LogP contribution is 2.60. The SMILES string of the molecule is O=C(OC12CCC(CCCC(O)O)(CC1)C2)c1cc(F)cc(F)c1. The Morgan fingerprint density at radius 1 is 1.12 bits per heavy atom. The highest BCUT2D eigenvalue weighted by molar-refractivity contribution is 5.89. The quantitative estimate of drug-likeness (QED) is 0.616. The van der Waals surface area contributed by atoms with Crippen LogP contribution in [-0.2, 0) is 4.74 Å². The Bertz CT molecular complexity index is 601. The first-order chi connectivity index (χ1) is 11.3. The van der Waals surface area contributed by atoms with E-state index in [2.05, 4.69) is 0 Å². The maximum atomic E-state index is 13.3. The second kappa shape index (κ2) is 6.41. The Hall–Kier alpha value is -1.53. The van der Waals surface area contributed by atoms with E-state index >= 15 is 0 Å². The van der Waals surface area contributed by atoms with Crippen LogP contribution >= 0.6 is 0 Å². The topological polar surface area (TPSA) is 66.8 Å². The molecule has 0 amide bonds. The van der Waals surface area contributed by atoms with Gasteiger partial charge in [0.1, 0.15) is 17.2 Å². The van der Waals surface area contributed by atoms with Crippen LogP contribution in [0.4, 0.5) is 8.78 Å². The summed E-state index contributed by atoms with van der Waals surface area (Å²) in [6.07, 6.45) is 4.75. The van der Waals surface area contributed by atoms with E-state index in [1.165, 1.54) is 0 Å². The minimum Gasteiger partial charge on any atom is -0.455 e. The van der Waals surface area contributed by atoms with Crippen LogP contribution in [0.25, 0.3) is 0 Å². The van der Waals surface area contributed by atoms with Crippen molar-refractivity contribution in [2.45, 2.75) is 63.3 Å². The minimum atomic E-state index is -1.28. The number of hydrogen-bond acceptors (Lipinski definition) is 4. The number of benzene rings is 1. The van der Waals surface area contributed by atoms with Crippen molar-refractivity contribution in [1.82, 2.24) is 0 Å². The Morgan fingerprint density at radius 3 is 2.33 bits per heavy atom. The molecule has 6 heteroatoms. The third kappa shape index (κ3) is 3.59. The highest BCUT2D eigenvalue weighted by Gasteiger charge is 2.56. The van der Waals surface area contributed by atoms with Crippen LogP contribution in [0.1, 0.15) is 61.7 Å². The molecule has 132 valence electrons. The van der Waals surface area contributed by atoms with Crippen LogP contribution in [0.15, 0.2) is 18.2 Å². The average molecular weight is 340 g/mol. The van der Waals surface area contributed by atoms with Crippen LogP contribution in [0.5, 0.6) is 0 Å². The molecule has 24 heavy (non-hydrogen) atoms. The Morgan fingerprint density at radius 2 is 1.75 bits per heavy atom. The Labute approximate surface area is 139 Å². The fraction of sp³-hybridized carbons (Fsp3) is 0.611. The van der Waals surface area contributed by atoms with Gasteiger partial charge in [-0.15, -0.1) is 0 Å². The van der Waals surface area contributed by atoms with Crippen molar-refractivity contribution in [1.29, 1.82) is 0 Å². The standard InChI is InChI=1S/C18H22F2O4/c19-13-8-12(9-14(20)10-13)16(23)24-18-6-4-17(11-18,5-7-18)3-1-2-15(21)22/h8-10,15,21-22H,1-7,11H2. The molecule has 0 heterocycles. The Kier molecular flexibility index (Phi) is 4.62. The second-order valence-corrected chi connectivity index (χ2v) is 7.28. The zero-order chi connectivity index (χ0) is 17.4. The lowest BCUT2D eigenvalue weighted by molar-refractivity contribution is -0.0481. The first kappa shape index (κ1) is 17.3. The number of hydrogen-bond donors (Lipinski definition) is 2. The van der Waals surface area contributed by atoms with Crippen molar-refractivity contribution >= 4 is 5.97 Å². The molecule has 4 nitrogen and oxygen atoms in total. The van der Waals surface area contributed by atoms with Gasteiger partial charge in [0.2, 0.25) is 0 Å². The van der Waals surface area contributed by atoms with Crippen molar-refractivity contribution in [3.8, 4) is 0 Å². The lowest BCUT2D eigenvalue weighted by atomic mass is 9.80. The summed E-state index contributed by atoms with van der Waals surface area (Å²) in [6.45, 7) is 0. The number of carbonyl (C=O) groups excluding carboxylic acids is 1. The van der Waals surface area contributed by atoms with Gasteiger partial charge in [0.25, 0.3) is 0 Å². The van der Waals surface area contributed by atoms with Crippen LogP contribution in [0.3, 0.4) is 0 Å². The molecule has 0 radical (unpaired) electrons. The van der Waals surface area contributed by atoms with E-state index in [-0.39, 0.29) is 11.0 Å². The lowest BCUT2D eigenvalue weighted by Gasteiger charge is -2.27. The first-order valence-corrected chi connectivity index (χ1v) is 8.37. The van der Waals surface area contributed by atoms with Gasteiger partial charge in [0.05, 0.1) is 5.56 Å². The van der Waals surface area contributed by atoms with Crippen molar-refractivity contribution in [3.63, 3.8) is 0 Å². The monoisotopic (exact) mass is 340 g/mol. The highest BCUT2D eigenvalue weighted by atomic mass is 19.1. The first-order valence-electron chi connectivity index (χ1n) is 8.37. The minimum absolute atomic E-state index is 0.0857. The molecule has 0 aromatic heterocycles. The zero-order valence-electron chi connectivity index (χ0n) is 13.4. The van der Waals surface area contributed by atoms with E-state index in [0.717, 1.165) is 63.1 Å². The number of aliphatic hydroxyl groups is 2. The Balaban J connectivity index is 1.63. The molecule has 2 saturated carbocycles. The van der Waals surface area contributed by atoms with Gasteiger partial charge in [0, 0.05) is 6.07 Å². The number of ether oxygens (including phenoxy) is 1. The number of halogens is 2. The van der Waals surface area contributed by atoms with E-state index in [4.69, 9.17) is 14.9 Å². The van der Waals surface area contributed by atoms with Crippen molar-refractivity contribution in [2.75, 3.05) is 0 Å². The normalized spacial score (nSPS) is 28.5. The molecule has 2 bridgehead atoms. The summed E-state index contributed by atoms with van der Waals surface area (Å²) >= 11 is 0. The molecule has 2 aliphatic rings. The van der Waals surface area contributed by atoms with Crippen LogP contribution in [0, 0.1) is 17.0 Å². The summed E-state index contributed by atoms with van der Waals surface area (Å²) in [4.78, 5) is 12.3. The number of esters is 1. The van der Waals surface area contributed by atoms with E-state index in [1.54, 1.807) is 0 Å². The maximum absolute atomic E-state index is 13.3. The molecular formula is C18H22F2O4. The van der Waals surface area contributed by atoms with Gasteiger partial charge >= 0.3 is 5.97 Å².